The molecule has 2 N–H and O–H groups in total. The molecule has 147 valence electrons. The fraction of sp³-hybridized carbons (Fsp3) is 0.0588. The first kappa shape index (κ1) is 23.5. The molecule has 0 saturated carbocycles. The van der Waals surface area contributed by atoms with Gasteiger partial charge in [-0.3, -0.25) is 10.1 Å². The Bertz CT molecular complexity index is 1190. The topological polar surface area (TPSA) is 136 Å². The number of benzene rings is 3. The number of rotatable bonds is 7. The molecule has 1 unspecified atom stereocenters. The fourth-order valence-corrected chi connectivity index (χ4v) is 4.95. The zero-order chi connectivity index (χ0) is 20.4. The van der Waals surface area contributed by atoms with E-state index in [0.717, 1.165) is 29.7 Å². The van der Waals surface area contributed by atoms with Crippen molar-refractivity contribution in [3.8, 4) is 5.75 Å². The number of hydrogen-bond donors (Lipinski definition) is 2. The number of nitro groups is 1. The van der Waals surface area contributed by atoms with Crippen LogP contribution in [-0.2, 0) is 14.6 Å². The van der Waals surface area contributed by atoms with Crippen LogP contribution in [0.3, 0.4) is 0 Å². The summed E-state index contributed by atoms with van der Waals surface area (Å²) in [6.45, 7) is 0. The Balaban J connectivity index is 0.00000300. The van der Waals surface area contributed by atoms with Crippen LogP contribution < -0.4 is 9.25 Å². The molecule has 0 aromatic heterocycles. The number of non-ortho nitro benzene ring substituents is 1. The Morgan fingerprint density at radius 1 is 1.03 bits per heavy atom. The minimum atomic E-state index is -4.38. The average Bonchev–Trinajstić information content (AvgIpc) is 2.66. The normalized spacial score (nSPS) is 13.3. The van der Waals surface area contributed by atoms with Crippen LogP contribution in [0.4, 0.5) is 5.69 Å². The Morgan fingerprint density at radius 2 is 1.66 bits per heavy atom. The molecule has 29 heavy (non-hydrogen) atoms. The average molecular weight is 445 g/mol. The summed E-state index contributed by atoms with van der Waals surface area (Å²) in [5.41, 5.74) is -0.211. The Morgan fingerprint density at radius 3 is 2.28 bits per heavy atom. The van der Waals surface area contributed by atoms with Gasteiger partial charge in [0.25, 0.3) is 5.69 Å². The third kappa shape index (κ3) is 6.10. The van der Waals surface area contributed by atoms with Crippen LogP contribution in [0.2, 0.25) is 0 Å². The Kier molecular flexibility index (Phi) is 7.58. The van der Waals surface area contributed by atoms with Gasteiger partial charge in [-0.2, -0.15) is 4.72 Å². The van der Waals surface area contributed by atoms with E-state index in [-0.39, 0.29) is 45.9 Å². The number of fused-ring (bicyclic) bond motifs is 1. The zero-order valence-corrected chi connectivity index (χ0v) is 19.0. The van der Waals surface area contributed by atoms with E-state index in [2.05, 4.69) is 4.72 Å². The van der Waals surface area contributed by atoms with Crippen molar-refractivity contribution in [2.45, 2.75) is 4.90 Å². The van der Waals surface area contributed by atoms with Crippen molar-refractivity contribution in [2.24, 2.45) is 0 Å². The second-order valence-corrected chi connectivity index (χ2v) is 9.34. The summed E-state index contributed by atoms with van der Waals surface area (Å²) in [5, 5.41) is 12.2. The molecule has 3 aromatic rings. The summed E-state index contributed by atoms with van der Waals surface area (Å²) in [4.78, 5) is 19.8. The zero-order valence-electron chi connectivity index (χ0n) is 15.3. The number of nitrogens with one attached hydrogen (secondary N) is 1. The van der Waals surface area contributed by atoms with Crippen molar-refractivity contribution in [3.63, 3.8) is 0 Å². The molecule has 0 bridgehead atoms. The predicted octanol–water partition coefficient (Wildman–Crippen LogP) is 2.87. The van der Waals surface area contributed by atoms with E-state index in [4.69, 9.17) is 4.52 Å². The molecule has 9 nitrogen and oxygen atoms in total. The number of nitro benzene ring substituents is 1. The number of sulfonamides is 1. The molecular formula is C17H15N2NaO7PS. The maximum absolute atomic E-state index is 12.4. The first-order valence-electron chi connectivity index (χ1n) is 7.91. The summed E-state index contributed by atoms with van der Waals surface area (Å²) >= 11 is 0. The van der Waals surface area contributed by atoms with Gasteiger partial charge in [-0.05, 0) is 35.0 Å². The van der Waals surface area contributed by atoms with Crippen LogP contribution in [0.25, 0.3) is 10.8 Å². The van der Waals surface area contributed by atoms with Gasteiger partial charge in [0.15, 0.2) is 0 Å². The molecule has 1 atom stereocenters. The van der Waals surface area contributed by atoms with Crippen LogP contribution in [-0.4, -0.2) is 54.1 Å². The second-order valence-electron chi connectivity index (χ2n) is 5.79. The molecule has 0 saturated heterocycles. The van der Waals surface area contributed by atoms with Crippen molar-refractivity contribution in [2.75, 3.05) is 6.29 Å². The summed E-state index contributed by atoms with van der Waals surface area (Å²) < 4.78 is 44.0. The van der Waals surface area contributed by atoms with Crippen molar-refractivity contribution < 1.29 is 27.3 Å². The molecule has 1 radical (unpaired) electrons. The van der Waals surface area contributed by atoms with Gasteiger partial charge in [-0.25, -0.2) is 13.0 Å². The largest absolute Gasteiger partial charge is 0.424 e. The monoisotopic (exact) mass is 445 g/mol. The Labute approximate surface area is 188 Å². The molecule has 0 fully saturated rings. The first-order valence-corrected chi connectivity index (χ1v) is 11.2. The molecule has 0 aliphatic rings. The van der Waals surface area contributed by atoms with Gasteiger partial charge in [0.05, 0.1) is 9.82 Å². The predicted molar refractivity (Wildman–Crippen MR) is 108 cm³/mol. The Hall–Kier alpha value is -1.78. The maximum atomic E-state index is 12.4. The van der Waals surface area contributed by atoms with Gasteiger partial charge in [0, 0.05) is 41.7 Å². The summed E-state index contributed by atoms with van der Waals surface area (Å²) in [7, 11) is -8.43. The van der Waals surface area contributed by atoms with Crippen molar-refractivity contribution >= 4 is 63.6 Å². The third-order valence-corrected chi connectivity index (χ3v) is 6.45. The molecule has 0 aliphatic heterocycles. The van der Waals surface area contributed by atoms with Crippen LogP contribution in [0.1, 0.15) is 0 Å². The fourth-order valence-electron chi connectivity index (χ4n) is 2.41. The summed E-state index contributed by atoms with van der Waals surface area (Å²) in [6.07, 6.45) is -0.862. The van der Waals surface area contributed by atoms with E-state index in [1.165, 1.54) is 12.1 Å². The van der Waals surface area contributed by atoms with Crippen LogP contribution in [0, 0.1) is 10.1 Å². The van der Waals surface area contributed by atoms with E-state index >= 15 is 0 Å². The number of nitrogens with zero attached hydrogens (tertiary/aromatic N) is 1. The third-order valence-electron chi connectivity index (χ3n) is 3.78. The maximum Gasteiger partial charge on any atom is 0.391 e. The van der Waals surface area contributed by atoms with Gasteiger partial charge < -0.3 is 9.42 Å². The van der Waals surface area contributed by atoms with Crippen molar-refractivity contribution in [1.82, 2.24) is 4.72 Å². The molecule has 0 aliphatic carbocycles. The SMILES string of the molecule is O=[N+]([O-])c1ccc(OP(=O)(O)CNS(=O)(=O)c2ccc3ccccc3c2)cc1.[Na]. The molecular weight excluding hydrogens is 430 g/mol. The van der Waals surface area contributed by atoms with E-state index in [0.29, 0.717) is 5.39 Å². The van der Waals surface area contributed by atoms with Crippen LogP contribution in [0.5, 0.6) is 5.75 Å². The number of hydrogen-bond acceptors (Lipinski definition) is 6. The van der Waals surface area contributed by atoms with Crippen molar-refractivity contribution in [1.29, 1.82) is 0 Å². The van der Waals surface area contributed by atoms with Gasteiger partial charge >= 0.3 is 7.60 Å². The van der Waals surface area contributed by atoms with Gasteiger partial charge in [0.2, 0.25) is 10.0 Å². The second kappa shape index (κ2) is 9.36. The van der Waals surface area contributed by atoms with Crippen molar-refractivity contribution in [3.05, 3.63) is 76.8 Å². The van der Waals surface area contributed by atoms with E-state index in [9.17, 15) is 28.0 Å². The van der Waals surface area contributed by atoms with E-state index in [1.807, 2.05) is 12.1 Å². The summed E-state index contributed by atoms with van der Waals surface area (Å²) in [6, 6.07) is 16.2. The summed E-state index contributed by atoms with van der Waals surface area (Å²) in [5.74, 6) is -0.0960. The minimum absolute atomic E-state index is 0. The quantitative estimate of drug-likeness (QED) is 0.247. The first-order chi connectivity index (χ1) is 13.2. The van der Waals surface area contributed by atoms with Gasteiger partial charge in [-0.15, -0.1) is 0 Å². The van der Waals surface area contributed by atoms with Crippen LogP contribution in [0.15, 0.2) is 71.6 Å². The van der Waals surface area contributed by atoms with E-state index < -0.39 is 28.8 Å². The van der Waals surface area contributed by atoms with Gasteiger partial charge in [-0.1, -0.05) is 30.3 Å². The molecule has 3 rings (SSSR count). The minimum Gasteiger partial charge on any atom is -0.424 e. The molecule has 0 heterocycles. The molecule has 3 aromatic carbocycles. The van der Waals surface area contributed by atoms with E-state index in [1.54, 1.807) is 18.2 Å². The standard InChI is InChI=1S/C17H15N2O7PS.Na/c20-19(21)15-6-8-16(9-7-15)26-27(22,23)12-18-28(24,25)17-10-5-13-3-1-2-4-14(13)11-17;/h1-11,18H,12H2,(H,22,23);. The van der Waals surface area contributed by atoms with Gasteiger partial charge in [0.1, 0.15) is 12.0 Å². The molecule has 0 amide bonds. The molecule has 12 heteroatoms. The molecule has 0 spiro atoms. The smallest absolute Gasteiger partial charge is 0.391 e. The van der Waals surface area contributed by atoms with Crippen LogP contribution >= 0.6 is 7.60 Å².